The highest BCUT2D eigenvalue weighted by Gasteiger charge is 2.08. The summed E-state index contributed by atoms with van der Waals surface area (Å²) < 4.78 is 0. The van der Waals surface area contributed by atoms with Crippen molar-refractivity contribution in [2.24, 2.45) is 0 Å². The molecule has 0 bridgehead atoms. The molecule has 0 aliphatic rings. The summed E-state index contributed by atoms with van der Waals surface area (Å²) in [6.45, 7) is 4.30. The molecule has 3 heteroatoms. The molecule has 1 aromatic heterocycles. The van der Waals surface area contributed by atoms with Crippen molar-refractivity contribution in [3.63, 3.8) is 0 Å². The third-order valence-electron chi connectivity index (χ3n) is 2.72. The van der Waals surface area contributed by atoms with Crippen LogP contribution in [0.15, 0.2) is 24.3 Å². The van der Waals surface area contributed by atoms with Gasteiger partial charge in [0.2, 0.25) is 0 Å². The lowest BCUT2D eigenvalue weighted by Gasteiger charge is -2.01. The molecule has 90 valence electrons. The topological polar surface area (TPSA) is 12.9 Å². The second-order valence-electron chi connectivity index (χ2n) is 4.09. The maximum absolute atomic E-state index is 5.81. The molecule has 17 heavy (non-hydrogen) atoms. The van der Waals surface area contributed by atoms with Crippen LogP contribution in [0.1, 0.15) is 28.8 Å². The first-order valence-corrected chi connectivity index (χ1v) is 7.21. The Morgan fingerprint density at radius 3 is 2.47 bits per heavy atom. The van der Waals surface area contributed by atoms with Gasteiger partial charge in [0.15, 0.2) is 0 Å². The highest BCUT2D eigenvalue weighted by atomic mass is 35.5. The SMILES string of the molecule is CCCc1ccc(-c2nc(CCl)sc2C)cc1. The van der Waals surface area contributed by atoms with Crippen LogP contribution in [0.25, 0.3) is 11.3 Å². The van der Waals surface area contributed by atoms with E-state index in [-0.39, 0.29) is 0 Å². The molecule has 0 aliphatic carbocycles. The van der Waals surface area contributed by atoms with Gasteiger partial charge in [-0.2, -0.15) is 0 Å². The van der Waals surface area contributed by atoms with Crippen molar-refractivity contribution in [3.05, 3.63) is 39.7 Å². The van der Waals surface area contributed by atoms with E-state index < -0.39 is 0 Å². The number of aryl methyl sites for hydroxylation is 2. The number of alkyl halides is 1. The van der Waals surface area contributed by atoms with Gasteiger partial charge < -0.3 is 0 Å². The predicted octanol–water partition coefficient (Wildman–Crippen LogP) is 4.81. The number of nitrogens with zero attached hydrogens (tertiary/aromatic N) is 1. The molecule has 1 nitrogen and oxygen atoms in total. The average molecular weight is 266 g/mol. The van der Waals surface area contributed by atoms with Crippen molar-refractivity contribution < 1.29 is 0 Å². The van der Waals surface area contributed by atoms with Gasteiger partial charge in [0.1, 0.15) is 5.01 Å². The fourth-order valence-corrected chi connectivity index (χ4v) is 2.92. The van der Waals surface area contributed by atoms with Crippen LogP contribution in [-0.2, 0) is 12.3 Å². The van der Waals surface area contributed by atoms with Crippen LogP contribution in [0.3, 0.4) is 0 Å². The number of rotatable bonds is 4. The molecule has 0 spiro atoms. The number of halogens is 1. The molecule has 0 N–H and O–H groups in total. The van der Waals surface area contributed by atoms with Crippen molar-refractivity contribution in [2.75, 3.05) is 0 Å². The zero-order chi connectivity index (χ0) is 12.3. The maximum Gasteiger partial charge on any atom is 0.108 e. The van der Waals surface area contributed by atoms with E-state index >= 15 is 0 Å². The zero-order valence-corrected chi connectivity index (χ0v) is 11.7. The largest absolute Gasteiger partial charge is 0.240 e. The molecule has 0 amide bonds. The summed E-state index contributed by atoms with van der Waals surface area (Å²) in [4.78, 5) is 5.80. The van der Waals surface area contributed by atoms with Gasteiger partial charge in [-0.1, -0.05) is 37.6 Å². The molecule has 2 rings (SSSR count). The molecule has 0 aliphatic heterocycles. The number of thiazole rings is 1. The van der Waals surface area contributed by atoms with Crippen LogP contribution in [-0.4, -0.2) is 4.98 Å². The smallest absolute Gasteiger partial charge is 0.108 e. The lowest BCUT2D eigenvalue weighted by atomic mass is 10.1. The molecular formula is C14H16ClNS. The number of hydrogen-bond acceptors (Lipinski definition) is 2. The Morgan fingerprint density at radius 1 is 1.24 bits per heavy atom. The lowest BCUT2D eigenvalue weighted by Crippen LogP contribution is -1.85. The second kappa shape index (κ2) is 5.65. The minimum atomic E-state index is 0.499. The summed E-state index contributed by atoms with van der Waals surface area (Å²) in [6, 6.07) is 8.70. The molecule has 1 aromatic carbocycles. The molecular weight excluding hydrogens is 250 g/mol. The zero-order valence-electron chi connectivity index (χ0n) is 10.2. The Kier molecular flexibility index (Phi) is 4.19. The Bertz CT molecular complexity index is 487. The van der Waals surface area contributed by atoms with Gasteiger partial charge in [-0.15, -0.1) is 22.9 Å². The van der Waals surface area contributed by atoms with Crippen molar-refractivity contribution >= 4 is 22.9 Å². The molecule has 2 aromatic rings. The van der Waals surface area contributed by atoms with Crippen molar-refractivity contribution in [1.82, 2.24) is 4.98 Å². The first-order chi connectivity index (χ1) is 8.24. The summed E-state index contributed by atoms with van der Waals surface area (Å²) >= 11 is 7.49. The van der Waals surface area contributed by atoms with E-state index in [1.54, 1.807) is 11.3 Å². The molecule has 0 saturated carbocycles. The van der Waals surface area contributed by atoms with E-state index in [2.05, 4.69) is 43.1 Å². The molecule has 0 fully saturated rings. The second-order valence-corrected chi connectivity index (χ2v) is 5.65. The van der Waals surface area contributed by atoms with E-state index in [9.17, 15) is 0 Å². The quantitative estimate of drug-likeness (QED) is 0.723. The van der Waals surface area contributed by atoms with Crippen molar-refractivity contribution in [3.8, 4) is 11.3 Å². The summed E-state index contributed by atoms with van der Waals surface area (Å²) in [5.74, 6) is 0.499. The Morgan fingerprint density at radius 2 is 1.94 bits per heavy atom. The highest BCUT2D eigenvalue weighted by Crippen LogP contribution is 2.28. The first kappa shape index (κ1) is 12.6. The third kappa shape index (κ3) is 2.88. The van der Waals surface area contributed by atoms with E-state index in [0.717, 1.165) is 17.1 Å². The van der Waals surface area contributed by atoms with E-state index in [1.807, 2.05) is 0 Å². The van der Waals surface area contributed by atoms with Crippen molar-refractivity contribution in [1.29, 1.82) is 0 Å². The monoisotopic (exact) mass is 265 g/mol. The van der Waals surface area contributed by atoms with Gasteiger partial charge in [0, 0.05) is 10.4 Å². The standard InChI is InChI=1S/C14H16ClNS/c1-3-4-11-5-7-12(8-6-11)14-10(2)17-13(9-15)16-14/h5-8H,3-4,9H2,1-2H3. The summed E-state index contributed by atoms with van der Waals surface area (Å²) in [5.41, 5.74) is 3.66. The third-order valence-corrected chi connectivity index (χ3v) is 4.10. The van der Waals surface area contributed by atoms with Gasteiger partial charge >= 0.3 is 0 Å². The van der Waals surface area contributed by atoms with Crippen LogP contribution in [0.5, 0.6) is 0 Å². The Hall–Kier alpha value is -0.860. The summed E-state index contributed by atoms with van der Waals surface area (Å²) in [5, 5.41) is 0.997. The summed E-state index contributed by atoms with van der Waals surface area (Å²) in [7, 11) is 0. The molecule has 0 unspecified atom stereocenters. The normalized spacial score (nSPS) is 10.8. The molecule has 1 heterocycles. The first-order valence-electron chi connectivity index (χ1n) is 5.86. The van der Waals surface area contributed by atoms with Crippen LogP contribution in [0, 0.1) is 6.92 Å². The van der Waals surface area contributed by atoms with Crippen LogP contribution in [0.4, 0.5) is 0 Å². The number of aromatic nitrogens is 1. The highest BCUT2D eigenvalue weighted by molar-refractivity contribution is 7.12. The minimum Gasteiger partial charge on any atom is -0.240 e. The van der Waals surface area contributed by atoms with Crippen LogP contribution >= 0.6 is 22.9 Å². The molecule has 0 radical (unpaired) electrons. The maximum atomic E-state index is 5.81. The van der Waals surface area contributed by atoms with Gasteiger partial charge in [0.05, 0.1) is 11.6 Å². The van der Waals surface area contributed by atoms with Crippen LogP contribution in [0.2, 0.25) is 0 Å². The predicted molar refractivity (Wildman–Crippen MR) is 75.8 cm³/mol. The summed E-state index contributed by atoms with van der Waals surface area (Å²) in [6.07, 6.45) is 2.33. The minimum absolute atomic E-state index is 0.499. The van der Waals surface area contributed by atoms with Crippen LogP contribution < -0.4 is 0 Å². The fraction of sp³-hybridized carbons (Fsp3) is 0.357. The Labute approximate surface area is 111 Å². The van der Waals surface area contributed by atoms with Gasteiger partial charge in [0.25, 0.3) is 0 Å². The van der Waals surface area contributed by atoms with E-state index in [4.69, 9.17) is 11.6 Å². The number of hydrogen-bond donors (Lipinski definition) is 0. The number of benzene rings is 1. The Balaban J connectivity index is 2.29. The van der Waals surface area contributed by atoms with E-state index in [1.165, 1.54) is 22.4 Å². The lowest BCUT2D eigenvalue weighted by molar-refractivity contribution is 0.922. The van der Waals surface area contributed by atoms with Gasteiger partial charge in [-0.3, -0.25) is 0 Å². The molecule has 0 saturated heterocycles. The van der Waals surface area contributed by atoms with Gasteiger partial charge in [-0.25, -0.2) is 4.98 Å². The van der Waals surface area contributed by atoms with Gasteiger partial charge in [-0.05, 0) is 18.9 Å². The average Bonchev–Trinajstić information content (AvgIpc) is 2.72. The van der Waals surface area contributed by atoms with Crippen molar-refractivity contribution in [2.45, 2.75) is 32.6 Å². The molecule has 0 atom stereocenters. The fourth-order valence-electron chi connectivity index (χ4n) is 1.89. The van der Waals surface area contributed by atoms with E-state index in [0.29, 0.717) is 5.88 Å².